The molecule has 0 amide bonds. The van der Waals surface area contributed by atoms with Gasteiger partial charge < -0.3 is 10.5 Å². The maximum Gasteiger partial charge on any atom is 0.322 e. The van der Waals surface area contributed by atoms with Gasteiger partial charge in [0.15, 0.2) is 0 Å². The average molecular weight is 291 g/mol. The third-order valence-electron chi connectivity index (χ3n) is 4.31. The van der Waals surface area contributed by atoms with Crippen molar-refractivity contribution in [3.63, 3.8) is 0 Å². The van der Waals surface area contributed by atoms with Crippen molar-refractivity contribution < 1.29 is 9.53 Å². The van der Waals surface area contributed by atoms with Crippen molar-refractivity contribution >= 4 is 5.97 Å². The molecule has 0 aliphatic heterocycles. The lowest BCUT2D eigenvalue weighted by Crippen LogP contribution is -2.33. The molecule has 2 N–H and O–H groups in total. The van der Waals surface area contributed by atoms with E-state index in [1.165, 1.54) is 29.4 Å². The standard InChI is InChI=1S/C18H29NO2/c1-6-15(11-17(19)18(20)21-5)7-8-16-13(3)9-12(2)10-14(16)4/h9-10,15,17H,6-8,11,19H2,1-5H3. The van der Waals surface area contributed by atoms with E-state index in [0.29, 0.717) is 12.3 Å². The van der Waals surface area contributed by atoms with E-state index in [-0.39, 0.29) is 5.97 Å². The van der Waals surface area contributed by atoms with Crippen molar-refractivity contribution in [3.8, 4) is 0 Å². The molecule has 1 aromatic carbocycles. The van der Waals surface area contributed by atoms with Gasteiger partial charge in [-0.3, -0.25) is 4.79 Å². The highest BCUT2D eigenvalue weighted by Gasteiger charge is 2.19. The van der Waals surface area contributed by atoms with Gasteiger partial charge in [0.2, 0.25) is 0 Å². The fourth-order valence-electron chi connectivity index (χ4n) is 3.05. The van der Waals surface area contributed by atoms with Crippen LogP contribution >= 0.6 is 0 Å². The summed E-state index contributed by atoms with van der Waals surface area (Å²) < 4.78 is 4.71. The second-order valence-corrected chi connectivity index (χ2v) is 6.06. The second kappa shape index (κ2) is 8.18. The monoisotopic (exact) mass is 291 g/mol. The number of rotatable bonds is 7. The van der Waals surface area contributed by atoms with Crippen molar-refractivity contribution in [2.75, 3.05) is 7.11 Å². The van der Waals surface area contributed by atoms with Crippen LogP contribution in [0, 0.1) is 26.7 Å². The van der Waals surface area contributed by atoms with Crippen LogP contribution in [0.1, 0.15) is 48.4 Å². The van der Waals surface area contributed by atoms with Crippen molar-refractivity contribution in [1.29, 1.82) is 0 Å². The van der Waals surface area contributed by atoms with Crippen LogP contribution in [0.15, 0.2) is 12.1 Å². The minimum absolute atomic E-state index is 0.309. The smallest absolute Gasteiger partial charge is 0.322 e. The van der Waals surface area contributed by atoms with E-state index < -0.39 is 6.04 Å². The lowest BCUT2D eigenvalue weighted by Gasteiger charge is -2.19. The van der Waals surface area contributed by atoms with E-state index in [2.05, 4.69) is 39.8 Å². The zero-order valence-electron chi connectivity index (χ0n) is 14.0. The predicted molar refractivity (Wildman–Crippen MR) is 87.4 cm³/mol. The van der Waals surface area contributed by atoms with E-state index in [0.717, 1.165) is 19.3 Å². The summed E-state index contributed by atoms with van der Waals surface area (Å²) in [6.07, 6.45) is 3.85. The fourth-order valence-corrected chi connectivity index (χ4v) is 3.05. The molecule has 0 aliphatic carbocycles. The van der Waals surface area contributed by atoms with Gasteiger partial charge in [-0.05, 0) is 62.6 Å². The summed E-state index contributed by atoms with van der Waals surface area (Å²) in [5.41, 5.74) is 11.3. The summed E-state index contributed by atoms with van der Waals surface area (Å²) in [7, 11) is 1.39. The molecule has 0 fully saturated rings. The summed E-state index contributed by atoms with van der Waals surface area (Å²) in [5.74, 6) is 0.148. The highest BCUT2D eigenvalue weighted by atomic mass is 16.5. The van der Waals surface area contributed by atoms with Crippen LogP contribution < -0.4 is 5.73 Å². The lowest BCUT2D eigenvalue weighted by atomic mass is 9.88. The molecule has 2 atom stereocenters. The second-order valence-electron chi connectivity index (χ2n) is 6.06. The van der Waals surface area contributed by atoms with E-state index in [1.54, 1.807) is 0 Å². The van der Waals surface area contributed by atoms with Gasteiger partial charge in [-0.15, -0.1) is 0 Å². The number of carbonyl (C=O) groups excluding carboxylic acids is 1. The van der Waals surface area contributed by atoms with Crippen LogP contribution in [0.4, 0.5) is 0 Å². The zero-order chi connectivity index (χ0) is 16.0. The SMILES string of the molecule is CCC(CCc1c(C)cc(C)cc1C)CC(N)C(=O)OC. The third kappa shape index (κ3) is 5.16. The van der Waals surface area contributed by atoms with Gasteiger partial charge in [0.25, 0.3) is 0 Å². The van der Waals surface area contributed by atoms with Crippen LogP contribution in [-0.4, -0.2) is 19.1 Å². The summed E-state index contributed by atoms with van der Waals surface area (Å²) in [5, 5.41) is 0. The summed E-state index contributed by atoms with van der Waals surface area (Å²) >= 11 is 0. The molecule has 1 rings (SSSR count). The van der Waals surface area contributed by atoms with Gasteiger partial charge in [0.05, 0.1) is 7.11 Å². The number of hydrogen-bond donors (Lipinski definition) is 1. The average Bonchev–Trinajstić information content (AvgIpc) is 2.43. The minimum atomic E-state index is -0.500. The predicted octanol–water partition coefficient (Wildman–Crippen LogP) is 3.46. The highest BCUT2D eigenvalue weighted by Crippen LogP contribution is 2.23. The number of nitrogens with two attached hydrogens (primary N) is 1. The quantitative estimate of drug-likeness (QED) is 0.783. The number of ether oxygens (including phenoxy) is 1. The van der Waals surface area contributed by atoms with Gasteiger partial charge in [-0.25, -0.2) is 0 Å². The molecule has 21 heavy (non-hydrogen) atoms. The van der Waals surface area contributed by atoms with E-state index in [1.807, 2.05) is 0 Å². The lowest BCUT2D eigenvalue weighted by molar-refractivity contribution is -0.142. The number of carbonyl (C=O) groups is 1. The van der Waals surface area contributed by atoms with Crippen molar-refractivity contribution in [3.05, 3.63) is 34.4 Å². The normalized spacial score (nSPS) is 13.8. The van der Waals surface area contributed by atoms with Crippen LogP contribution in [0.3, 0.4) is 0 Å². The highest BCUT2D eigenvalue weighted by molar-refractivity contribution is 5.75. The molecule has 0 spiro atoms. The van der Waals surface area contributed by atoms with Gasteiger partial charge in [-0.2, -0.15) is 0 Å². The first-order valence-corrected chi connectivity index (χ1v) is 7.79. The molecule has 0 aliphatic rings. The number of methoxy groups -OCH3 is 1. The Morgan fingerprint density at radius 2 is 1.81 bits per heavy atom. The first-order valence-electron chi connectivity index (χ1n) is 7.79. The maximum atomic E-state index is 11.4. The molecule has 0 aromatic heterocycles. The third-order valence-corrected chi connectivity index (χ3v) is 4.31. The molecule has 0 radical (unpaired) electrons. The number of aryl methyl sites for hydroxylation is 3. The van der Waals surface area contributed by atoms with Crippen LogP contribution in [0.25, 0.3) is 0 Å². The summed E-state index contributed by atoms with van der Waals surface area (Å²) in [6, 6.07) is 3.98. The van der Waals surface area contributed by atoms with Gasteiger partial charge in [0, 0.05) is 0 Å². The maximum absolute atomic E-state index is 11.4. The Morgan fingerprint density at radius 3 is 2.29 bits per heavy atom. The molecule has 0 saturated carbocycles. The van der Waals surface area contributed by atoms with Gasteiger partial charge >= 0.3 is 5.97 Å². The molecule has 118 valence electrons. The first kappa shape index (κ1) is 17.7. The van der Waals surface area contributed by atoms with E-state index in [9.17, 15) is 4.79 Å². The molecular formula is C18H29NO2. The van der Waals surface area contributed by atoms with Crippen molar-refractivity contribution in [2.24, 2.45) is 11.7 Å². The van der Waals surface area contributed by atoms with Crippen LogP contribution in [0.5, 0.6) is 0 Å². The Kier molecular flexibility index (Phi) is 6.90. The van der Waals surface area contributed by atoms with E-state index >= 15 is 0 Å². The molecule has 0 heterocycles. The van der Waals surface area contributed by atoms with Crippen molar-refractivity contribution in [1.82, 2.24) is 0 Å². The Balaban J connectivity index is 2.66. The number of hydrogen-bond acceptors (Lipinski definition) is 3. The zero-order valence-corrected chi connectivity index (χ0v) is 14.0. The molecule has 0 saturated heterocycles. The molecule has 0 bridgehead atoms. The minimum Gasteiger partial charge on any atom is -0.468 e. The van der Waals surface area contributed by atoms with Gasteiger partial charge in [-0.1, -0.05) is 31.0 Å². The Morgan fingerprint density at radius 1 is 1.24 bits per heavy atom. The van der Waals surface area contributed by atoms with Gasteiger partial charge in [0.1, 0.15) is 6.04 Å². The molecule has 1 aromatic rings. The van der Waals surface area contributed by atoms with E-state index in [4.69, 9.17) is 10.5 Å². The number of esters is 1. The fraction of sp³-hybridized carbons (Fsp3) is 0.611. The largest absolute Gasteiger partial charge is 0.468 e. The summed E-state index contributed by atoms with van der Waals surface area (Å²) in [4.78, 5) is 11.4. The van der Waals surface area contributed by atoms with Crippen LogP contribution in [-0.2, 0) is 16.0 Å². The van der Waals surface area contributed by atoms with Crippen molar-refractivity contribution in [2.45, 2.75) is 59.4 Å². The molecule has 3 nitrogen and oxygen atoms in total. The molecular weight excluding hydrogens is 262 g/mol. The Hall–Kier alpha value is -1.35. The molecule has 3 heteroatoms. The first-order chi connectivity index (χ1) is 9.88. The Bertz CT molecular complexity index is 459. The Labute approximate surface area is 128 Å². The molecule has 2 unspecified atom stereocenters. The number of benzene rings is 1. The summed E-state index contributed by atoms with van der Waals surface area (Å²) in [6.45, 7) is 8.64. The van der Waals surface area contributed by atoms with Crippen LogP contribution in [0.2, 0.25) is 0 Å². The topological polar surface area (TPSA) is 52.3 Å².